The number of rotatable bonds is 1. The Morgan fingerprint density at radius 3 is 2.93 bits per heavy atom. The molecular formula is C12H13FO. The van der Waals surface area contributed by atoms with Crippen LogP contribution in [0.15, 0.2) is 24.3 Å². The Bertz CT molecular complexity index is 382. The van der Waals surface area contributed by atoms with Gasteiger partial charge in [0.15, 0.2) is 0 Å². The van der Waals surface area contributed by atoms with Crippen molar-refractivity contribution < 1.29 is 9.13 Å². The van der Waals surface area contributed by atoms with Crippen molar-refractivity contribution in [1.82, 2.24) is 0 Å². The van der Waals surface area contributed by atoms with Crippen LogP contribution in [-0.2, 0) is 6.42 Å². The van der Waals surface area contributed by atoms with E-state index in [9.17, 15) is 4.39 Å². The number of fused-ring (bicyclic) bond motifs is 1. The Morgan fingerprint density at radius 2 is 2.21 bits per heavy atom. The SMILES string of the molecule is COc1ccc2c(c1)CC(C)C=C2F. The summed E-state index contributed by atoms with van der Waals surface area (Å²) in [5.74, 6) is 0.960. The van der Waals surface area contributed by atoms with Gasteiger partial charge in [-0.3, -0.25) is 0 Å². The number of methoxy groups -OCH3 is 1. The monoisotopic (exact) mass is 192 g/mol. The number of hydrogen-bond acceptors (Lipinski definition) is 1. The minimum absolute atomic E-state index is 0.110. The van der Waals surface area contributed by atoms with Crippen molar-refractivity contribution in [2.45, 2.75) is 13.3 Å². The molecule has 74 valence electrons. The van der Waals surface area contributed by atoms with Gasteiger partial charge >= 0.3 is 0 Å². The molecule has 14 heavy (non-hydrogen) atoms. The smallest absolute Gasteiger partial charge is 0.127 e. The van der Waals surface area contributed by atoms with Crippen LogP contribution >= 0.6 is 0 Å². The summed E-state index contributed by atoms with van der Waals surface area (Å²) in [5.41, 5.74) is 1.75. The van der Waals surface area contributed by atoms with E-state index in [0.29, 0.717) is 5.56 Å². The van der Waals surface area contributed by atoms with Crippen LogP contribution in [-0.4, -0.2) is 7.11 Å². The van der Waals surface area contributed by atoms with Crippen molar-refractivity contribution in [1.29, 1.82) is 0 Å². The molecule has 0 saturated carbocycles. The van der Waals surface area contributed by atoms with Crippen LogP contribution in [0.3, 0.4) is 0 Å². The molecule has 1 atom stereocenters. The minimum atomic E-state index is -0.110. The van der Waals surface area contributed by atoms with Crippen molar-refractivity contribution in [3.8, 4) is 5.75 Å². The van der Waals surface area contributed by atoms with E-state index in [-0.39, 0.29) is 11.7 Å². The summed E-state index contributed by atoms with van der Waals surface area (Å²) in [5, 5.41) is 0. The van der Waals surface area contributed by atoms with Gasteiger partial charge in [-0.05, 0) is 42.2 Å². The summed E-state index contributed by atoms with van der Waals surface area (Å²) in [7, 11) is 1.63. The second kappa shape index (κ2) is 3.45. The van der Waals surface area contributed by atoms with E-state index in [4.69, 9.17) is 4.74 Å². The molecule has 0 heterocycles. The van der Waals surface area contributed by atoms with Gasteiger partial charge in [0.2, 0.25) is 0 Å². The highest BCUT2D eigenvalue weighted by atomic mass is 19.1. The summed E-state index contributed by atoms with van der Waals surface area (Å²) in [6, 6.07) is 5.49. The molecule has 0 radical (unpaired) electrons. The highest BCUT2D eigenvalue weighted by Gasteiger charge is 2.17. The first-order valence-corrected chi connectivity index (χ1v) is 4.75. The molecule has 0 fully saturated rings. The third-order valence-electron chi connectivity index (χ3n) is 2.54. The lowest BCUT2D eigenvalue weighted by molar-refractivity contribution is 0.414. The van der Waals surface area contributed by atoms with E-state index < -0.39 is 0 Å². The van der Waals surface area contributed by atoms with Crippen LogP contribution in [0.25, 0.3) is 5.83 Å². The predicted octanol–water partition coefficient (Wildman–Crippen LogP) is 3.20. The van der Waals surface area contributed by atoms with Crippen LogP contribution < -0.4 is 4.74 Å². The van der Waals surface area contributed by atoms with E-state index in [2.05, 4.69) is 0 Å². The highest BCUT2D eigenvalue weighted by Crippen LogP contribution is 2.32. The van der Waals surface area contributed by atoms with Gasteiger partial charge in [0.25, 0.3) is 0 Å². The second-order valence-electron chi connectivity index (χ2n) is 3.72. The Kier molecular flexibility index (Phi) is 2.28. The van der Waals surface area contributed by atoms with Gasteiger partial charge in [0.05, 0.1) is 7.11 Å². The summed E-state index contributed by atoms with van der Waals surface area (Å²) in [4.78, 5) is 0. The predicted molar refractivity (Wildman–Crippen MR) is 54.9 cm³/mol. The fourth-order valence-electron chi connectivity index (χ4n) is 1.84. The van der Waals surface area contributed by atoms with Crippen LogP contribution in [0.1, 0.15) is 18.1 Å². The van der Waals surface area contributed by atoms with E-state index in [1.165, 1.54) is 0 Å². The molecule has 1 nitrogen and oxygen atoms in total. The normalized spacial score (nSPS) is 19.9. The maximum Gasteiger partial charge on any atom is 0.127 e. The topological polar surface area (TPSA) is 9.23 Å². The van der Waals surface area contributed by atoms with Gasteiger partial charge in [0.1, 0.15) is 11.6 Å². The van der Waals surface area contributed by atoms with Crippen LogP contribution in [0.5, 0.6) is 5.75 Å². The van der Waals surface area contributed by atoms with Gasteiger partial charge in [0, 0.05) is 5.56 Å². The minimum Gasteiger partial charge on any atom is -0.497 e. The van der Waals surface area contributed by atoms with E-state index in [0.717, 1.165) is 17.7 Å². The number of benzene rings is 1. The first kappa shape index (κ1) is 9.25. The summed E-state index contributed by atoms with van der Waals surface area (Å²) in [6.45, 7) is 2.02. The van der Waals surface area contributed by atoms with Crippen molar-refractivity contribution in [2.24, 2.45) is 5.92 Å². The summed E-state index contributed by atoms with van der Waals surface area (Å²) >= 11 is 0. The molecule has 1 aliphatic rings. The number of halogens is 1. The van der Waals surface area contributed by atoms with Crippen molar-refractivity contribution >= 4 is 5.83 Å². The van der Waals surface area contributed by atoms with Crippen molar-refractivity contribution in [3.63, 3.8) is 0 Å². The van der Waals surface area contributed by atoms with Crippen LogP contribution in [0, 0.1) is 5.92 Å². The number of hydrogen-bond donors (Lipinski definition) is 0. The van der Waals surface area contributed by atoms with Gasteiger partial charge in [-0.1, -0.05) is 6.92 Å². The zero-order valence-corrected chi connectivity index (χ0v) is 8.38. The lowest BCUT2D eigenvalue weighted by Crippen LogP contribution is -2.05. The molecule has 0 aliphatic heterocycles. The molecule has 0 N–H and O–H groups in total. The molecule has 1 aromatic rings. The Labute approximate surface area is 83.2 Å². The molecule has 2 rings (SSSR count). The largest absolute Gasteiger partial charge is 0.497 e. The quantitative estimate of drug-likeness (QED) is 0.664. The van der Waals surface area contributed by atoms with Gasteiger partial charge in [-0.25, -0.2) is 4.39 Å². The summed E-state index contributed by atoms with van der Waals surface area (Å²) < 4.78 is 18.6. The molecule has 2 heteroatoms. The first-order chi connectivity index (χ1) is 6.70. The van der Waals surface area contributed by atoms with Gasteiger partial charge in [-0.15, -0.1) is 0 Å². The third kappa shape index (κ3) is 1.52. The Balaban J connectivity index is 2.47. The standard InChI is InChI=1S/C12H13FO/c1-8-5-9-7-10(14-2)3-4-11(9)12(13)6-8/h3-4,6-8H,5H2,1-2H3. The maximum atomic E-state index is 13.5. The number of ether oxygens (including phenoxy) is 1. The highest BCUT2D eigenvalue weighted by molar-refractivity contribution is 5.65. The molecule has 0 bridgehead atoms. The molecule has 1 aliphatic carbocycles. The molecule has 0 amide bonds. The molecule has 1 unspecified atom stereocenters. The first-order valence-electron chi connectivity index (χ1n) is 4.75. The molecule has 0 saturated heterocycles. The zero-order chi connectivity index (χ0) is 10.1. The molecule has 1 aromatic carbocycles. The van der Waals surface area contributed by atoms with E-state index >= 15 is 0 Å². The lowest BCUT2D eigenvalue weighted by atomic mass is 9.90. The average Bonchev–Trinajstić information content (AvgIpc) is 2.16. The van der Waals surface area contributed by atoms with E-state index in [1.807, 2.05) is 13.0 Å². The second-order valence-corrected chi connectivity index (χ2v) is 3.72. The fourth-order valence-corrected chi connectivity index (χ4v) is 1.84. The lowest BCUT2D eigenvalue weighted by Gasteiger charge is -2.18. The third-order valence-corrected chi connectivity index (χ3v) is 2.54. The van der Waals surface area contributed by atoms with Gasteiger partial charge < -0.3 is 4.74 Å². The maximum absolute atomic E-state index is 13.5. The molecule has 0 spiro atoms. The molecule has 0 aromatic heterocycles. The Hall–Kier alpha value is -1.31. The number of allylic oxidation sites excluding steroid dienone is 1. The van der Waals surface area contributed by atoms with E-state index in [1.54, 1.807) is 25.3 Å². The van der Waals surface area contributed by atoms with Crippen LogP contribution in [0.4, 0.5) is 4.39 Å². The summed E-state index contributed by atoms with van der Waals surface area (Å²) in [6.07, 6.45) is 2.56. The van der Waals surface area contributed by atoms with Gasteiger partial charge in [-0.2, -0.15) is 0 Å². The fraction of sp³-hybridized carbons (Fsp3) is 0.333. The zero-order valence-electron chi connectivity index (χ0n) is 8.38. The van der Waals surface area contributed by atoms with Crippen LogP contribution in [0.2, 0.25) is 0 Å². The van der Waals surface area contributed by atoms with Crippen molar-refractivity contribution in [2.75, 3.05) is 7.11 Å². The Morgan fingerprint density at radius 1 is 1.43 bits per heavy atom. The van der Waals surface area contributed by atoms with Crippen molar-refractivity contribution in [3.05, 3.63) is 35.4 Å². The average molecular weight is 192 g/mol. The molecular weight excluding hydrogens is 179 g/mol.